The summed E-state index contributed by atoms with van der Waals surface area (Å²) in [5, 5.41) is 7.53. The molecule has 0 bridgehead atoms. The monoisotopic (exact) mass is 349 g/mol. The van der Waals surface area contributed by atoms with Crippen LogP contribution in [0.4, 0.5) is 5.69 Å². The van der Waals surface area contributed by atoms with Gasteiger partial charge in [-0.05, 0) is 56.2 Å². The summed E-state index contributed by atoms with van der Waals surface area (Å²) in [5.41, 5.74) is 2.98. The zero-order chi connectivity index (χ0) is 18.1. The normalized spacial score (nSPS) is 17.0. The summed E-state index contributed by atoms with van der Waals surface area (Å²) >= 11 is 0. The van der Waals surface area contributed by atoms with E-state index in [0.29, 0.717) is 11.6 Å². The van der Waals surface area contributed by atoms with Crippen molar-refractivity contribution in [2.24, 2.45) is 0 Å². The third kappa shape index (κ3) is 2.94. The van der Waals surface area contributed by atoms with Crippen molar-refractivity contribution in [3.63, 3.8) is 0 Å². The van der Waals surface area contributed by atoms with E-state index in [2.05, 4.69) is 23.2 Å². The summed E-state index contributed by atoms with van der Waals surface area (Å²) in [6, 6.07) is 15.4. The first-order chi connectivity index (χ1) is 12.6. The van der Waals surface area contributed by atoms with Crippen molar-refractivity contribution in [1.82, 2.24) is 10.2 Å². The van der Waals surface area contributed by atoms with Crippen molar-refractivity contribution in [3.05, 3.63) is 60.5 Å². The second kappa shape index (κ2) is 6.63. The Kier molecular flexibility index (Phi) is 4.16. The first-order valence-electron chi connectivity index (χ1n) is 8.57. The predicted molar refractivity (Wildman–Crippen MR) is 96.9 cm³/mol. The van der Waals surface area contributed by atoms with Crippen LogP contribution in [0.5, 0.6) is 5.75 Å². The van der Waals surface area contributed by atoms with Gasteiger partial charge in [-0.1, -0.05) is 18.2 Å². The molecule has 0 unspecified atom stereocenters. The second-order valence-electron chi connectivity index (χ2n) is 6.42. The van der Waals surface area contributed by atoms with Crippen molar-refractivity contribution in [1.29, 1.82) is 0 Å². The average Bonchev–Trinajstić information content (AvgIpc) is 3.29. The first-order valence-corrected chi connectivity index (χ1v) is 8.57. The maximum absolute atomic E-state index is 12.9. The van der Waals surface area contributed by atoms with E-state index in [4.69, 9.17) is 9.15 Å². The van der Waals surface area contributed by atoms with Crippen molar-refractivity contribution < 1.29 is 13.9 Å². The van der Waals surface area contributed by atoms with Gasteiger partial charge in [0.15, 0.2) is 6.10 Å². The van der Waals surface area contributed by atoms with E-state index >= 15 is 0 Å². The third-order valence-electron chi connectivity index (χ3n) is 4.57. The topological polar surface area (TPSA) is 68.5 Å². The van der Waals surface area contributed by atoms with Crippen molar-refractivity contribution in [2.45, 2.75) is 32.4 Å². The molecule has 26 heavy (non-hydrogen) atoms. The maximum atomic E-state index is 12.9. The Morgan fingerprint density at radius 3 is 2.73 bits per heavy atom. The SMILES string of the molecule is C[C@H](Oc1ccc(-c2nnco2)cc1)C(=O)N1c2ccccc2C[C@H]1C. The molecule has 1 aromatic heterocycles. The molecule has 2 heterocycles. The average molecular weight is 349 g/mol. The Morgan fingerprint density at radius 2 is 2.00 bits per heavy atom. The smallest absolute Gasteiger partial charge is 0.268 e. The van der Waals surface area contributed by atoms with Crippen LogP contribution in [-0.2, 0) is 11.2 Å². The molecule has 6 nitrogen and oxygen atoms in total. The Balaban J connectivity index is 1.48. The predicted octanol–water partition coefficient (Wildman–Crippen LogP) is 3.48. The molecule has 0 N–H and O–H groups in total. The van der Waals surface area contributed by atoms with E-state index in [0.717, 1.165) is 17.7 Å². The highest BCUT2D eigenvalue weighted by Crippen LogP contribution is 2.32. The number of aromatic nitrogens is 2. The molecule has 0 saturated carbocycles. The van der Waals surface area contributed by atoms with E-state index in [1.807, 2.05) is 35.2 Å². The second-order valence-corrected chi connectivity index (χ2v) is 6.42. The minimum atomic E-state index is -0.585. The van der Waals surface area contributed by atoms with E-state index in [9.17, 15) is 4.79 Å². The van der Waals surface area contributed by atoms with Crippen molar-refractivity contribution in [2.75, 3.05) is 4.90 Å². The lowest BCUT2D eigenvalue weighted by Gasteiger charge is -2.26. The van der Waals surface area contributed by atoms with Crippen LogP contribution in [0.15, 0.2) is 59.3 Å². The van der Waals surface area contributed by atoms with Gasteiger partial charge in [-0.3, -0.25) is 4.79 Å². The molecule has 1 aliphatic rings. The third-order valence-corrected chi connectivity index (χ3v) is 4.57. The number of anilines is 1. The zero-order valence-electron chi connectivity index (χ0n) is 14.6. The number of hydrogen-bond donors (Lipinski definition) is 0. The fraction of sp³-hybridized carbons (Fsp3) is 0.250. The van der Waals surface area contributed by atoms with Crippen LogP contribution in [0, 0.1) is 0 Å². The fourth-order valence-corrected chi connectivity index (χ4v) is 3.33. The van der Waals surface area contributed by atoms with Crippen LogP contribution in [0.3, 0.4) is 0 Å². The summed E-state index contributed by atoms with van der Waals surface area (Å²) < 4.78 is 11.0. The number of carbonyl (C=O) groups excluding carboxylic acids is 1. The van der Waals surface area contributed by atoms with Crippen LogP contribution < -0.4 is 9.64 Å². The van der Waals surface area contributed by atoms with Crippen LogP contribution >= 0.6 is 0 Å². The van der Waals surface area contributed by atoms with Gasteiger partial charge in [0, 0.05) is 17.3 Å². The van der Waals surface area contributed by atoms with E-state index in [1.165, 1.54) is 12.0 Å². The summed E-state index contributed by atoms with van der Waals surface area (Å²) in [4.78, 5) is 14.8. The van der Waals surface area contributed by atoms with Crippen LogP contribution in [0.2, 0.25) is 0 Å². The lowest BCUT2D eigenvalue weighted by molar-refractivity contribution is -0.124. The molecule has 2 aromatic carbocycles. The number of carbonyl (C=O) groups is 1. The van der Waals surface area contributed by atoms with E-state index in [-0.39, 0.29) is 11.9 Å². The molecule has 3 aromatic rings. The lowest BCUT2D eigenvalue weighted by atomic mass is 10.1. The van der Waals surface area contributed by atoms with Gasteiger partial charge in [0.2, 0.25) is 12.3 Å². The van der Waals surface area contributed by atoms with Crippen LogP contribution in [0.1, 0.15) is 19.4 Å². The van der Waals surface area contributed by atoms with Crippen LogP contribution in [0.25, 0.3) is 11.5 Å². The molecule has 0 saturated heterocycles. The molecular weight excluding hydrogens is 330 g/mol. The lowest BCUT2D eigenvalue weighted by Crippen LogP contribution is -2.43. The highest BCUT2D eigenvalue weighted by Gasteiger charge is 2.33. The number of nitrogens with zero attached hydrogens (tertiary/aromatic N) is 3. The summed E-state index contributed by atoms with van der Waals surface area (Å²) in [7, 11) is 0. The standard InChI is InChI=1S/C20H19N3O3/c1-13-11-16-5-3-4-6-18(16)23(13)20(24)14(2)26-17-9-7-15(8-10-17)19-22-21-12-25-19/h3-10,12-14H,11H2,1-2H3/t13-,14+/m1/s1. The molecule has 132 valence electrons. The van der Waals surface area contributed by atoms with Gasteiger partial charge in [-0.2, -0.15) is 0 Å². The first kappa shape index (κ1) is 16.3. The largest absolute Gasteiger partial charge is 0.481 e. The molecule has 6 heteroatoms. The highest BCUT2D eigenvalue weighted by atomic mass is 16.5. The van der Waals surface area contributed by atoms with Gasteiger partial charge in [-0.25, -0.2) is 0 Å². The number of benzene rings is 2. The van der Waals surface area contributed by atoms with Gasteiger partial charge in [0.25, 0.3) is 5.91 Å². The fourth-order valence-electron chi connectivity index (χ4n) is 3.33. The molecule has 0 spiro atoms. The Labute approximate surface area is 151 Å². The van der Waals surface area contributed by atoms with Crippen molar-refractivity contribution in [3.8, 4) is 17.2 Å². The van der Waals surface area contributed by atoms with Gasteiger partial charge < -0.3 is 14.1 Å². The minimum absolute atomic E-state index is 0.0385. The maximum Gasteiger partial charge on any atom is 0.268 e. The van der Waals surface area contributed by atoms with Gasteiger partial charge in [-0.15, -0.1) is 10.2 Å². The Morgan fingerprint density at radius 1 is 1.23 bits per heavy atom. The molecule has 1 amide bonds. The molecule has 2 atom stereocenters. The van der Waals surface area contributed by atoms with Crippen LogP contribution in [-0.4, -0.2) is 28.3 Å². The number of para-hydroxylation sites is 1. The summed E-state index contributed by atoms with van der Waals surface area (Å²) in [6.07, 6.45) is 1.57. The molecule has 0 fully saturated rings. The molecule has 4 rings (SSSR count). The van der Waals surface area contributed by atoms with Gasteiger partial charge in [0.1, 0.15) is 5.75 Å². The zero-order valence-corrected chi connectivity index (χ0v) is 14.6. The van der Waals surface area contributed by atoms with Crippen molar-refractivity contribution >= 4 is 11.6 Å². The van der Waals surface area contributed by atoms with E-state index < -0.39 is 6.10 Å². The molecule has 0 radical (unpaired) electrons. The molecule has 1 aliphatic heterocycles. The summed E-state index contributed by atoms with van der Waals surface area (Å²) in [5.74, 6) is 1.03. The number of hydrogen-bond acceptors (Lipinski definition) is 5. The Hall–Kier alpha value is -3.15. The molecule has 0 aliphatic carbocycles. The number of fused-ring (bicyclic) bond motifs is 1. The minimum Gasteiger partial charge on any atom is -0.481 e. The number of ether oxygens (including phenoxy) is 1. The quantitative estimate of drug-likeness (QED) is 0.721. The molecular formula is C20H19N3O3. The van der Waals surface area contributed by atoms with E-state index in [1.54, 1.807) is 19.1 Å². The number of amides is 1. The highest BCUT2D eigenvalue weighted by molar-refractivity contribution is 5.99. The number of rotatable bonds is 4. The Bertz CT molecular complexity index is 906. The van der Waals surface area contributed by atoms with Gasteiger partial charge in [0.05, 0.1) is 0 Å². The van der Waals surface area contributed by atoms with Gasteiger partial charge >= 0.3 is 0 Å². The summed E-state index contributed by atoms with van der Waals surface area (Å²) in [6.45, 7) is 3.84.